The van der Waals surface area contributed by atoms with E-state index in [9.17, 15) is 9.90 Å². The molecule has 0 aromatic carbocycles. The summed E-state index contributed by atoms with van der Waals surface area (Å²) in [7, 11) is 1.63. The van der Waals surface area contributed by atoms with Crippen molar-refractivity contribution in [2.24, 2.45) is 5.92 Å². The van der Waals surface area contributed by atoms with E-state index in [1.54, 1.807) is 7.11 Å². The molecule has 0 radical (unpaired) electrons. The van der Waals surface area contributed by atoms with E-state index in [4.69, 9.17) is 4.74 Å². The molecule has 0 bridgehead atoms. The second-order valence-electron chi connectivity index (χ2n) is 5.02. The van der Waals surface area contributed by atoms with Crippen molar-refractivity contribution in [1.29, 1.82) is 0 Å². The number of hydrogen-bond donors (Lipinski definition) is 2. The molecule has 0 aromatic rings. The second-order valence-corrected chi connectivity index (χ2v) is 5.02. The number of rotatable bonds is 6. The van der Waals surface area contributed by atoms with Crippen LogP contribution in [0.2, 0.25) is 0 Å². The Labute approximate surface area is 103 Å². The number of amides is 1. The highest BCUT2D eigenvalue weighted by Crippen LogP contribution is 2.11. The summed E-state index contributed by atoms with van der Waals surface area (Å²) < 4.78 is 5.02. The van der Waals surface area contributed by atoms with Crippen molar-refractivity contribution in [3.8, 4) is 0 Å². The highest BCUT2D eigenvalue weighted by atomic mass is 16.5. The van der Waals surface area contributed by atoms with Crippen molar-refractivity contribution in [3.63, 3.8) is 0 Å². The number of aliphatic hydroxyl groups excluding tert-OH is 1. The predicted molar refractivity (Wildman–Crippen MR) is 65.7 cm³/mol. The smallest absolute Gasteiger partial charge is 0.239 e. The minimum atomic E-state index is -0.396. The molecule has 1 amide bonds. The Morgan fingerprint density at radius 3 is 2.76 bits per heavy atom. The van der Waals surface area contributed by atoms with Crippen LogP contribution in [0.3, 0.4) is 0 Å². The van der Waals surface area contributed by atoms with Crippen molar-refractivity contribution in [2.45, 2.75) is 32.4 Å². The van der Waals surface area contributed by atoms with Gasteiger partial charge in [-0.25, -0.2) is 0 Å². The van der Waals surface area contributed by atoms with Gasteiger partial charge < -0.3 is 20.1 Å². The van der Waals surface area contributed by atoms with E-state index in [0.29, 0.717) is 32.0 Å². The van der Waals surface area contributed by atoms with Gasteiger partial charge >= 0.3 is 0 Å². The van der Waals surface area contributed by atoms with Crippen LogP contribution in [0, 0.1) is 5.92 Å². The lowest BCUT2D eigenvalue weighted by Crippen LogP contribution is -2.46. The van der Waals surface area contributed by atoms with Crippen LogP contribution < -0.4 is 5.32 Å². The lowest BCUT2D eigenvalue weighted by Gasteiger charge is -2.27. The molecule has 100 valence electrons. The van der Waals surface area contributed by atoms with E-state index in [1.807, 2.05) is 4.90 Å². The summed E-state index contributed by atoms with van der Waals surface area (Å²) >= 11 is 0. The number of ether oxygens (including phenoxy) is 1. The van der Waals surface area contributed by atoms with E-state index < -0.39 is 6.10 Å². The van der Waals surface area contributed by atoms with E-state index in [2.05, 4.69) is 19.2 Å². The number of carbonyl (C=O) groups excluding carboxylic acids is 1. The van der Waals surface area contributed by atoms with Crippen LogP contribution in [0.4, 0.5) is 0 Å². The fourth-order valence-corrected chi connectivity index (χ4v) is 2.06. The first kappa shape index (κ1) is 14.4. The molecule has 0 aromatic heterocycles. The Bertz CT molecular complexity index is 246. The highest BCUT2D eigenvalue weighted by molar-refractivity contribution is 5.82. The van der Waals surface area contributed by atoms with Gasteiger partial charge in [-0.1, -0.05) is 13.8 Å². The third kappa shape index (κ3) is 4.61. The van der Waals surface area contributed by atoms with Crippen molar-refractivity contribution >= 4 is 5.91 Å². The molecule has 1 rings (SSSR count). The Kier molecular flexibility index (Phi) is 5.88. The van der Waals surface area contributed by atoms with Crippen LogP contribution in [0.25, 0.3) is 0 Å². The summed E-state index contributed by atoms with van der Waals surface area (Å²) in [4.78, 5) is 14.1. The monoisotopic (exact) mass is 244 g/mol. The zero-order valence-corrected chi connectivity index (χ0v) is 11.0. The highest BCUT2D eigenvalue weighted by Gasteiger charge is 2.31. The van der Waals surface area contributed by atoms with Gasteiger partial charge in [-0.2, -0.15) is 0 Å². The van der Waals surface area contributed by atoms with Gasteiger partial charge in [0.2, 0.25) is 5.91 Å². The molecular formula is C12H24N2O3. The molecule has 1 aliphatic heterocycles. The Morgan fingerprint density at radius 2 is 2.29 bits per heavy atom. The standard InChI is InChI=1S/C12H24N2O3/c1-9(2)8-14(4-5-17-3)12(16)11-6-10(15)7-13-11/h9-11,13,15H,4-8H2,1-3H3. The molecule has 1 aliphatic rings. The van der Waals surface area contributed by atoms with E-state index in [-0.39, 0.29) is 11.9 Å². The number of methoxy groups -OCH3 is 1. The molecule has 1 fully saturated rings. The van der Waals surface area contributed by atoms with Gasteiger partial charge in [0.05, 0.1) is 18.8 Å². The fraction of sp³-hybridized carbons (Fsp3) is 0.917. The lowest BCUT2D eigenvalue weighted by molar-refractivity contribution is -0.134. The maximum atomic E-state index is 12.2. The number of nitrogens with zero attached hydrogens (tertiary/aromatic N) is 1. The quantitative estimate of drug-likeness (QED) is 0.681. The molecule has 5 nitrogen and oxygen atoms in total. The summed E-state index contributed by atoms with van der Waals surface area (Å²) in [5, 5.41) is 12.5. The molecule has 2 atom stereocenters. The van der Waals surface area contributed by atoms with Gasteiger partial charge in [-0.15, -0.1) is 0 Å². The molecule has 17 heavy (non-hydrogen) atoms. The molecule has 1 heterocycles. The minimum Gasteiger partial charge on any atom is -0.392 e. The largest absolute Gasteiger partial charge is 0.392 e. The van der Waals surface area contributed by atoms with Gasteiger partial charge in [-0.05, 0) is 12.3 Å². The van der Waals surface area contributed by atoms with Crippen molar-refractivity contribution < 1.29 is 14.6 Å². The average molecular weight is 244 g/mol. The molecule has 0 spiro atoms. The topological polar surface area (TPSA) is 61.8 Å². The summed E-state index contributed by atoms with van der Waals surface area (Å²) in [6.45, 7) is 6.58. The summed E-state index contributed by atoms with van der Waals surface area (Å²) in [5.74, 6) is 0.509. The summed E-state index contributed by atoms with van der Waals surface area (Å²) in [6, 6.07) is -0.236. The maximum Gasteiger partial charge on any atom is 0.239 e. The normalized spacial score (nSPS) is 24.3. The first-order valence-electron chi connectivity index (χ1n) is 6.23. The van der Waals surface area contributed by atoms with E-state index in [0.717, 1.165) is 6.54 Å². The van der Waals surface area contributed by atoms with Crippen LogP contribution in [-0.4, -0.2) is 61.4 Å². The molecule has 5 heteroatoms. The van der Waals surface area contributed by atoms with E-state index >= 15 is 0 Å². The first-order valence-corrected chi connectivity index (χ1v) is 6.23. The van der Waals surface area contributed by atoms with Gasteiger partial charge in [0, 0.05) is 26.7 Å². The van der Waals surface area contributed by atoms with Crippen LogP contribution in [0.15, 0.2) is 0 Å². The first-order chi connectivity index (χ1) is 8.04. The van der Waals surface area contributed by atoms with Crippen molar-refractivity contribution in [3.05, 3.63) is 0 Å². The zero-order chi connectivity index (χ0) is 12.8. The Balaban J connectivity index is 2.52. The summed E-state index contributed by atoms with van der Waals surface area (Å²) in [6.07, 6.45) is 0.118. The third-order valence-electron chi connectivity index (χ3n) is 2.87. The zero-order valence-electron chi connectivity index (χ0n) is 11.0. The minimum absolute atomic E-state index is 0.0762. The third-order valence-corrected chi connectivity index (χ3v) is 2.87. The van der Waals surface area contributed by atoms with Crippen molar-refractivity contribution in [1.82, 2.24) is 10.2 Å². The van der Waals surface area contributed by atoms with Gasteiger partial charge in [0.15, 0.2) is 0 Å². The SMILES string of the molecule is COCCN(CC(C)C)C(=O)C1CC(O)CN1. The number of aliphatic hydroxyl groups is 1. The summed E-state index contributed by atoms with van der Waals surface area (Å²) in [5.41, 5.74) is 0. The second kappa shape index (κ2) is 6.93. The van der Waals surface area contributed by atoms with E-state index in [1.165, 1.54) is 0 Å². The maximum absolute atomic E-state index is 12.2. The molecular weight excluding hydrogens is 220 g/mol. The molecule has 2 N–H and O–H groups in total. The van der Waals surface area contributed by atoms with Gasteiger partial charge in [-0.3, -0.25) is 4.79 Å². The number of carbonyl (C=O) groups is 1. The number of nitrogens with one attached hydrogen (secondary N) is 1. The van der Waals surface area contributed by atoms with Crippen LogP contribution in [0.1, 0.15) is 20.3 Å². The van der Waals surface area contributed by atoms with Gasteiger partial charge in [0.25, 0.3) is 0 Å². The molecule has 0 saturated carbocycles. The fourth-order valence-electron chi connectivity index (χ4n) is 2.06. The number of hydrogen-bond acceptors (Lipinski definition) is 4. The van der Waals surface area contributed by atoms with Crippen molar-refractivity contribution in [2.75, 3.05) is 33.4 Å². The Morgan fingerprint density at radius 1 is 1.59 bits per heavy atom. The van der Waals surface area contributed by atoms with Crippen LogP contribution in [-0.2, 0) is 9.53 Å². The molecule has 2 unspecified atom stereocenters. The molecule has 0 aliphatic carbocycles. The average Bonchev–Trinajstić information content (AvgIpc) is 2.69. The van der Waals surface area contributed by atoms with Gasteiger partial charge in [0.1, 0.15) is 0 Å². The van der Waals surface area contributed by atoms with Crippen LogP contribution >= 0.6 is 0 Å². The number of β-amino-alcohol motifs (C(OH)–C–C–N with tert-alkyl or cyclic N) is 1. The molecule has 1 saturated heterocycles. The predicted octanol–water partition coefficient (Wildman–Crippen LogP) is -0.160. The Hall–Kier alpha value is -0.650. The lowest BCUT2D eigenvalue weighted by atomic mass is 10.1. The van der Waals surface area contributed by atoms with Crippen LogP contribution in [0.5, 0.6) is 0 Å².